The molecule has 0 spiro atoms. The van der Waals surface area contributed by atoms with Crippen molar-refractivity contribution in [2.45, 2.75) is 44.4 Å². The number of benzene rings is 1. The second-order valence-electron chi connectivity index (χ2n) is 5.24. The zero-order valence-electron chi connectivity index (χ0n) is 12.2. The van der Waals surface area contributed by atoms with Gasteiger partial charge in [-0.2, -0.15) is 0 Å². The Morgan fingerprint density at radius 1 is 1.19 bits per heavy atom. The number of hydrogen-bond acceptors (Lipinski definition) is 4. The van der Waals surface area contributed by atoms with Crippen LogP contribution in [0.5, 0.6) is 0 Å². The Morgan fingerprint density at radius 2 is 1.90 bits per heavy atom. The zero-order chi connectivity index (χ0) is 15.6. The lowest BCUT2D eigenvalue weighted by Crippen LogP contribution is -2.09. The Balaban J connectivity index is 2.47. The van der Waals surface area contributed by atoms with E-state index in [0.717, 1.165) is 19.3 Å². The summed E-state index contributed by atoms with van der Waals surface area (Å²) in [6.45, 7) is 3.50. The third kappa shape index (κ3) is 3.00. The molecule has 0 bridgehead atoms. The third-order valence-electron chi connectivity index (χ3n) is 3.67. The summed E-state index contributed by atoms with van der Waals surface area (Å²) in [6, 6.07) is 1.58. The van der Waals surface area contributed by atoms with Crippen LogP contribution in [0, 0.1) is 0 Å². The number of hydrogen-bond donors (Lipinski definition) is 1. The number of rotatable bonds is 6. The van der Waals surface area contributed by atoms with Gasteiger partial charge in [0.05, 0.1) is 0 Å². The Kier molecular flexibility index (Phi) is 4.78. The number of allylic oxidation sites excluding steroid dienone is 1. The minimum absolute atomic E-state index is 0.0570. The van der Waals surface area contributed by atoms with E-state index < -0.39 is 0 Å². The second kappa shape index (κ2) is 6.39. The Bertz CT molecular complexity index is 656. The Morgan fingerprint density at radius 3 is 2.52 bits per heavy atom. The number of carbonyl (C=O) groups excluding carboxylic acids is 3. The lowest BCUT2D eigenvalue weighted by atomic mass is 9.93. The normalized spacial score (nSPS) is 12.6. The van der Waals surface area contributed by atoms with Crippen LogP contribution in [-0.4, -0.2) is 17.3 Å². The van der Waals surface area contributed by atoms with E-state index in [2.05, 4.69) is 19.6 Å². The number of thiol groups is 1. The summed E-state index contributed by atoms with van der Waals surface area (Å²) >= 11 is 4.38. The molecule has 110 valence electrons. The molecule has 1 aromatic carbocycles. The van der Waals surface area contributed by atoms with Crippen molar-refractivity contribution in [1.82, 2.24) is 0 Å². The summed E-state index contributed by atoms with van der Waals surface area (Å²) < 4.78 is 0. The van der Waals surface area contributed by atoms with Gasteiger partial charge in [-0.3, -0.25) is 14.4 Å². The van der Waals surface area contributed by atoms with E-state index in [4.69, 9.17) is 0 Å². The molecule has 0 radical (unpaired) electrons. The first-order chi connectivity index (χ1) is 9.97. The molecule has 3 nitrogen and oxygen atoms in total. The van der Waals surface area contributed by atoms with Crippen molar-refractivity contribution in [3.8, 4) is 0 Å². The first kappa shape index (κ1) is 15.7. The largest absolute Gasteiger partial charge is 0.294 e. The van der Waals surface area contributed by atoms with Gasteiger partial charge in [0.1, 0.15) is 0 Å². The highest BCUT2D eigenvalue weighted by molar-refractivity contribution is 7.80. The molecule has 0 saturated heterocycles. The van der Waals surface area contributed by atoms with Crippen molar-refractivity contribution >= 4 is 36.1 Å². The average Bonchev–Trinajstić information content (AvgIpc) is 2.79. The van der Waals surface area contributed by atoms with Crippen molar-refractivity contribution in [2.75, 3.05) is 0 Å². The lowest BCUT2D eigenvalue weighted by Gasteiger charge is -2.12. The molecule has 0 heterocycles. The van der Waals surface area contributed by atoms with Crippen LogP contribution in [0.25, 0.3) is 6.08 Å². The van der Waals surface area contributed by atoms with Gasteiger partial charge in [0, 0.05) is 28.0 Å². The van der Waals surface area contributed by atoms with E-state index >= 15 is 0 Å². The smallest absolute Gasteiger partial charge is 0.186 e. The van der Waals surface area contributed by atoms with Gasteiger partial charge in [-0.1, -0.05) is 19.8 Å². The van der Waals surface area contributed by atoms with Crippen LogP contribution in [0.1, 0.15) is 76.2 Å². The quantitative estimate of drug-likeness (QED) is 0.488. The van der Waals surface area contributed by atoms with E-state index in [0.29, 0.717) is 33.6 Å². The first-order valence-electron chi connectivity index (χ1n) is 7.13. The summed E-state index contributed by atoms with van der Waals surface area (Å²) in [6.07, 6.45) is 6.29. The molecule has 1 aromatic rings. The highest BCUT2D eigenvalue weighted by atomic mass is 32.1. The molecular formula is C17H18O3S. The predicted molar refractivity (Wildman–Crippen MR) is 85.5 cm³/mol. The van der Waals surface area contributed by atoms with Crippen LogP contribution in [0.3, 0.4) is 0 Å². The van der Waals surface area contributed by atoms with Crippen molar-refractivity contribution in [2.24, 2.45) is 0 Å². The monoisotopic (exact) mass is 302 g/mol. The number of carbonyl (C=O) groups is 3. The zero-order valence-corrected chi connectivity index (χ0v) is 13.1. The van der Waals surface area contributed by atoms with Crippen molar-refractivity contribution in [3.63, 3.8) is 0 Å². The van der Waals surface area contributed by atoms with E-state index in [-0.39, 0.29) is 17.3 Å². The maximum Gasteiger partial charge on any atom is 0.186 e. The van der Waals surface area contributed by atoms with Gasteiger partial charge >= 0.3 is 0 Å². The standard InChI is InChI=1S/C17H18O3S/c1-3-4-5-6-14(19)13-9-12-11(7-8-15(12)20)16(10(2)18)17(13)21/h7-9,21H,3-6H2,1-2H3. The SMILES string of the molecule is CCCCCC(=O)c1cc2c(c(C(C)=O)c1S)C=CC2=O. The number of unbranched alkanes of at least 4 members (excludes halogenated alkanes) is 2. The summed E-state index contributed by atoms with van der Waals surface area (Å²) in [4.78, 5) is 36.4. The van der Waals surface area contributed by atoms with E-state index in [1.807, 2.05) is 0 Å². The summed E-state index contributed by atoms with van der Waals surface area (Å²) in [5.74, 6) is -0.402. The molecule has 0 unspecified atom stereocenters. The molecular weight excluding hydrogens is 284 g/mol. The third-order valence-corrected chi connectivity index (χ3v) is 4.13. The molecule has 0 aromatic heterocycles. The lowest BCUT2D eigenvalue weighted by molar-refractivity contribution is 0.0976. The van der Waals surface area contributed by atoms with Gasteiger partial charge in [0.15, 0.2) is 17.3 Å². The molecule has 1 aliphatic rings. The van der Waals surface area contributed by atoms with Gasteiger partial charge in [-0.15, -0.1) is 12.6 Å². The van der Waals surface area contributed by atoms with Crippen molar-refractivity contribution in [1.29, 1.82) is 0 Å². The molecule has 4 heteroatoms. The maximum atomic E-state index is 12.3. The predicted octanol–water partition coefficient (Wildman–Crippen LogP) is 4.15. The minimum Gasteiger partial charge on any atom is -0.294 e. The number of ketones is 3. The van der Waals surface area contributed by atoms with Crippen LogP contribution >= 0.6 is 12.6 Å². The van der Waals surface area contributed by atoms with Crippen molar-refractivity contribution < 1.29 is 14.4 Å². The Hall–Kier alpha value is -1.68. The highest BCUT2D eigenvalue weighted by Gasteiger charge is 2.25. The molecule has 0 amide bonds. The van der Waals surface area contributed by atoms with Crippen LogP contribution in [0.4, 0.5) is 0 Å². The molecule has 0 N–H and O–H groups in total. The van der Waals surface area contributed by atoms with Crippen LogP contribution in [-0.2, 0) is 0 Å². The maximum absolute atomic E-state index is 12.3. The topological polar surface area (TPSA) is 51.2 Å². The van der Waals surface area contributed by atoms with Crippen LogP contribution in [0.15, 0.2) is 17.0 Å². The first-order valence-corrected chi connectivity index (χ1v) is 7.58. The van der Waals surface area contributed by atoms with Gasteiger partial charge in [0.25, 0.3) is 0 Å². The van der Waals surface area contributed by atoms with Gasteiger partial charge in [-0.05, 0) is 37.1 Å². The average molecular weight is 302 g/mol. The molecule has 2 rings (SSSR count). The fourth-order valence-corrected chi connectivity index (χ4v) is 3.02. The molecule has 0 atom stereocenters. The van der Waals surface area contributed by atoms with E-state index in [1.165, 1.54) is 13.0 Å². The molecule has 0 fully saturated rings. The van der Waals surface area contributed by atoms with E-state index in [1.54, 1.807) is 12.1 Å². The molecule has 0 aliphatic heterocycles. The fraction of sp³-hybridized carbons (Fsp3) is 0.353. The van der Waals surface area contributed by atoms with Gasteiger partial charge in [-0.25, -0.2) is 0 Å². The Labute approximate surface area is 129 Å². The van der Waals surface area contributed by atoms with Crippen LogP contribution in [0.2, 0.25) is 0 Å². The number of Topliss-reactive ketones (excluding diaryl/α,β-unsaturated/α-hetero) is 2. The van der Waals surface area contributed by atoms with Crippen LogP contribution < -0.4 is 0 Å². The second-order valence-corrected chi connectivity index (χ2v) is 5.69. The molecule has 21 heavy (non-hydrogen) atoms. The highest BCUT2D eigenvalue weighted by Crippen LogP contribution is 2.32. The van der Waals surface area contributed by atoms with Gasteiger partial charge < -0.3 is 0 Å². The summed E-state index contributed by atoms with van der Waals surface area (Å²) in [5.41, 5.74) is 1.77. The number of fused-ring (bicyclic) bond motifs is 1. The van der Waals surface area contributed by atoms with Gasteiger partial charge in [0.2, 0.25) is 0 Å². The van der Waals surface area contributed by atoms with E-state index in [9.17, 15) is 14.4 Å². The molecule has 0 saturated carbocycles. The molecule has 1 aliphatic carbocycles. The summed E-state index contributed by atoms with van der Waals surface area (Å²) in [5, 5.41) is 0. The fourth-order valence-electron chi connectivity index (χ4n) is 2.55. The van der Waals surface area contributed by atoms with Crippen molar-refractivity contribution in [3.05, 3.63) is 34.4 Å². The summed E-state index contributed by atoms with van der Waals surface area (Å²) in [7, 11) is 0. The minimum atomic E-state index is -0.182.